The van der Waals surface area contributed by atoms with Gasteiger partial charge in [0, 0.05) is 18.0 Å². The quantitative estimate of drug-likeness (QED) is 0.731. The van der Waals surface area contributed by atoms with E-state index in [-0.39, 0.29) is 5.91 Å². The SMILES string of the molecule is Cc1cc(C)c(C(=O)n2ccnc2)c(C)c1. The van der Waals surface area contributed by atoms with Gasteiger partial charge in [0.2, 0.25) is 0 Å². The number of aromatic nitrogens is 2. The van der Waals surface area contributed by atoms with E-state index >= 15 is 0 Å². The summed E-state index contributed by atoms with van der Waals surface area (Å²) in [6.07, 6.45) is 4.80. The molecule has 0 saturated heterocycles. The van der Waals surface area contributed by atoms with E-state index in [1.165, 1.54) is 16.5 Å². The predicted octanol–water partition coefficient (Wildman–Crippen LogP) is 2.50. The fourth-order valence-electron chi connectivity index (χ4n) is 2.03. The highest BCUT2D eigenvalue weighted by Gasteiger charge is 2.13. The lowest BCUT2D eigenvalue weighted by atomic mass is 9.99. The Hall–Kier alpha value is -1.90. The molecule has 0 fully saturated rings. The molecule has 16 heavy (non-hydrogen) atoms. The summed E-state index contributed by atoms with van der Waals surface area (Å²) >= 11 is 0. The van der Waals surface area contributed by atoms with Crippen LogP contribution in [0.4, 0.5) is 0 Å². The molecular formula is C13H14N2O. The first-order valence-corrected chi connectivity index (χ1v) is 5.20. The average Bonchev–Trinajstić information content (AvgIpc) is 2.67. The number of rotatable bonds is 1. The first kappa shape index (κ1) is 10.6. The van der Waals surface area contributed by atoms with Gasteiger partial charge in [0.05, 0.1) is 0 Å². The Morgan fingerprint density at radius 2 is 1.81 bits per heavy atom. The zero-order valence-corrected chi connectivity index (χ0v) is 9.69. The number of carbonyl (C=O) groups excluding carboxylic acids is 1. The molecule has 1 aromatic carbocycles. The van der Waals surface area contributed by atoms with Crippen molar-refractivity contribution in [2.75, 3.05) is 0 Å². The van der Waals surface area contributed by atoms with Crippen LogP contribution >= 0.6 is 0 Å². The minimum Gasteiger partial charge on any atom is -0.272 e. The van der Waals surface area contributed by atoms with E-state index in [0.29, 0.717) is 0 Å². The van der Waals surface area contributed by atoms with E-state index in [0.717, 1.165) is 16.7 Å². The molecule has 0 saturated carbocycles. The number of imidazole rings is 1. The van der Waals surface area contributed by atoms with Crippen LogP contribution in [0.25, 0.3) is 0 Å². The van der Waals surface area contributed by atoms with Crippen LogP contribution in [0.3, 0.4) is 0 Å². The molecule has 0 unspecified atom stereocenters. The molecule has 0 amide bonds. The van der Waals surface area contributed by atoms with Crippen LogP contribution in [0.1, 0.15) is 27.0 Å². The van der Waals surface area contributed by atoms with Crippen molar-refractivity contribution < 1.29 is 4.79 Å². The van der Waals surface area contributed by atoms with Crippen LogP contribution in [0, 0.1) is 20.8 Å². The highest BCUT2D eigenvalue weighted by atomic mass is 16.2. The lowest BCUT2D eigenvalue weighted by molar-refractivity contribution is 0.0958. The lowest BCUT2D eigenvalue weighted by Crippen LogP contribution is -2.13. The minimum atomic E-state index is -0.0208. The van der Waals surface area contributed by atoms with Crippen molar-refractivity contribution in [1.29, 1.82) is 0 Å². The summed E-state index contributed by atoms with van der Waals surface area (Å²) in [5.41, 5.74) is 3.97. The highest BCUT2D eigenvalue weighted by Crippen LogP contribution is 2.17. The molecule has 1 aromatic heterocycles. The molecular weight excluding hydrogens is 200 g/mol. The Kier molecular flexibility index (Phi) is 2.60. The Morgan fingerprint density at radius 3 is 2.31 bits per heavy atom. The van der Waals surface area contributed by atoms with Gasteiger partial charge in [0.1, 0.15) is 6.33 Å². The molecule has 0 atom stereocenters. The van der Waals surface area contributed by atoms with E-state index in [4.69, 9.17) is 0 Å². The monoisotopic (exact) mass is 214 g/mol. The summed E-state index contributed by atoms with van der Waals surface area (Å²) in [7, 11) is 0. The van der Waals surface area contributed by atoms with Crippen LogP contribution in [-0.2, 0) is 0 Å². The van der Waals surface area contributed by atoms with Crippen molar-refractivity contribution >= 4 is 5.91 Å². The van der Waals surface area contributed by atoms with Gasteiger partial charge in [-0.05, 0) is 31.9 Å². The first-order valence-electron chi connectivity index (χ1n) is 5.20. The summed E-state index contributed by atoms with van der Waals surface area (Å²) in [6, 6.07) is 4.05. The summed E-state index contributed by atoms with van der Waals surface area (Å²) in [5, 5.41) is 0. The third kappa shape index (κ3) is 1.76. The molecule has 0 aliphatic rings. The number of hydrogen-bond acceptors (Lipinski definition) is 2. The largest absolute Gasteiger partial charge is 0.272 e. The van der Waals surface area contributed by atoms with Crippen molar-refractivity contribution in [3.8, 4) is 0 Å². The van der Waals surface area contributed by atoms with Crippen LogP contribution in [0.5, 0.6) is 0 Å². The second-order valence-corrected chi connectivity index (χ2v) is 4.05. The van der Waals surface area contributed by atoms with Crippen LogP contribution in [0.15, 0.2) is 30.9 Å². The maximum Gasteiger partial charge on any atom is 0.263 e. The molecule has 0 N–H and O–H groups in total. The van der Waals surface area contributed by atoms with Crippen molar-refractivity contribution in [3.63, 3.8) is 0 Å². The van der Waals surface area contributed by atoms with Crippen molar-refractivity contribution in [1.82, 2.24) is 9.55 Å². The Balaban J connectivity index is 2.53. The molecule has 2 aromatic rings. The van der Waals surface area contributed by atoms with E-state index < -0.39 is 0 Å². The topological polar surface area (TPSA) is 34.9 Å². The van der Waals surface area contributed by atoms with Crippen LogP contribution in [-0.4, -0.2) is 15.5 Å². The van der Waals surface area contributed by atoms with E-state index in [1.54, 1.807) is 12.4 Å². The molecule has 3 nitrogen and oxygen atoms in total. The number of hydrogen-bond donors (Lipinski definition) is 0. The van der Waals surface area contributed by atoms with E-state index in [9.17, 15) is 4.79 Å². The molecule has 0 aliphatic heterocycles. The number of carbonyl (C=O) groups is 1. The normalized spacial score (nSPS) is 10.4. The second-order valence-electron chi connectivity index (χ2n) is 4.05. The van der Waals surface area contributed by atoms with Gasteiger partial charge in [-0.15, -0.1) is 0 Å². The van der Waals surface area contributed by atoms with Crippen molar-refractivity contribution in [3.05, 3.63) is 53.1 Å². The number of benzene rings is 1. The Bertz CT molecular complexity index is 504. The fourth-order valence-corrected chi connectivity index (χ4v) is 2.03. The van der Waals surface area contributed by atoms with Gasteiger partial charge in [-0.3, -0.25) is 9.36 Å². The molecule has 0 radical (unpaired) electrons. The standard InChI is InChI=1S/C13H14N2O/c1-9-6-10(2)12(11(3)7-9)13(16)15-5-4-14-8-15/h4-8H,1-3H3. The van der Waals surface area contributed by atoms with Gasteiger partial charge in [0.25, 0.3) is 5.91 Å². The smallest absolute Gasteiger partial charge is 0.263 e. The van der Waals surface area contributed by atoms with E-state index in [1.807, 2.05) is 32.9 Å². The van der Waals surface area contributed by atoms with Gasteiger partial charge in [0.15, 0.2) is 0 Å². The minimum absolute atomic E-state index is 0.0208. The first-order chi connectivity index (χ1) is 7.59. The average molecular weight is 214 g/mol. The molecule has 0 spiro atoms. The third-order valence-corrected chi connectivity index (χ3v) is 2.63. The van der Waals surface area contributed by atoms with Crippen molar-refractivity contribution in [2.45, 2.75) is 20.8 Å². The summed E-state index contributed by atoms with van der Waals surface area (Å²) < 4.78 is 1.50. The Labute approximate surface area is 94.7 Å². The van der Waals surface area contributed by atoms with Gasteiger partial charge in [-0.25, -0.2) is 4.98 Å². The fraction of sp³-hybridized carbons (Fsp3) is 0.231. The second kappa shape index (κ2) is 3.93. The van der Waals surface area contributed by atoms with Gasteiger partial charge in [-0.1, -0.05) is 17.7 Å². The summed E-state index contributed by atoms with van der Waals surface area (Å²) in [5.74, 6) is -0.0208. The Morgan fingerprint density at radius 1 is 1.19 bits per heavy atom. The zero-order chi connectivity index (χ0) is 11.7. The zero-order valence-electron chi connectivity index (χ0n) is 9.69. The molecule has 2 rings (SSSR count). The molecule has 1 heterocycles. The van der Waals surface area contributed by atoms with Crippen LogP contribution in [0.2, 0.25) is 0 Å². The number of aryl methyl sites for hydroxylation is 3. The molecule has 82 valence electrons. The highest BCUT2D eigenvalue weighted by molar-refractivity contribution is 5.98. The van der Waals surface area contributed by atoms with Gasteiger partial charge >= 0.3 is 0 Å². The molecule has 3 heteroatoms. The molecule has 0 bridgehead atoms. The predicted molar refractivity (Wildman–Crippen MR) is 62.6 cm³/mol. The van der Waals surface area contributed by atoms with Gasteiger partial charge < -0.3 is 0 Å². The van der Waals surface area contributed by atoms with Crippen LogP contribution < -0.4 is 0 Å². The maximum absolute atomic E-state index is 12.2. The summed E-state index contributed by atoms with van der Waals surface area (Å²) in [4.78, 5) is 16.1. The number of nitrogens with zero attached hydrogens (tertiary/aromatic N) is 2. The third-order valence-electron chi connectivity index (χ3n) is 2.63. The lowest BCUT2D eigenvalue weighted by Gasteiger charge is -2.10. The summed E-state index contributed by atoms with van der Waals surface area (Å²) in [6.45, 7) is 5.96. The van der Waals surface area contributed by atoms with Gasteiger partial charge in [-0.2, -0.15) is 0 Å². The maximum atomic E-state index is 12.2. The van der Waals surface area contributed by atoms with Crippen molar-refractivity contribution in [2.24, 2.45) is 0 Å². The van der Waals surface area contributed by atoms with E-state index in [2.05, 4.69) is 4.98 Å². The molecule has 0 aliphatic carbocycles.